The first kappa shape index (κ1) is 23.0. The lowest BCUT2D eigenvalue weighted by molar-refractivity contribution is -0.121. The van der Waals surface area contributed by atoms with Crippen molar-refractivity contribution in [1.82, 2.24) is 10.6 Å². The highest BCUT2D eigenvalue weighted by Gasteiger charge is 2.18. The first-order valence-corrected chi connectivity index (χ1v) is 11.7. The Labute approximate surface area is 196 Å². The van der Waals surface area contributed by atoms with E-state index in [1.54, 1.807) is 24.3 Å². The van der Waals surface area contributed by atoms with Crippen LogP contribution in [0.15, 0.2) is 42.5 Å². The second-order valence-corrected chi connectivity index (χ2v) is 7.56. The molecular weight excluding hydrogens is 609 g/mol. The molecule has 0 saturated heterocycles. The molecular formula is C19H19ClI2N2O4. The van der Waals surface area contributed by atoms with Gasteiger partial charge in [0.1, 0.15) is 12.8 Å². The fourth-order valence-corrected chi connectivity index (χ4v) is 2.99. The molecule has 0 aliphatic rings. The zero-order valence-corrected chi connectivity index (χ0v) is 20.1. The van der Waals surface area contributed by atoms with Crippen molar-refractivity contribution in [2.24, 2.45) is 0 Å². The first-order chi connectivity index (χ1) is 13.5. The third-order valence-corrected chi connectivity index (χ3v) is 5.47. The van der Waals surface area contributed by atoms with Gasteiger partial charge in [-0.3, -0.25) is 9.59 Å². The molecule has 2 aromatic rings. The lowest BCUT2D eigenvalue weighted by atomic mass is 10.1. The molecule has 0 aromatic heterocycles. The summed E-state index contributed by atoms with van der Waals surface area (Å²) in [4.78, 5) is 23.7. The van der Waals surface area contributed by atoms with Crippen molar-refractivity contribution in [2.75, 3.05) is 16.0 Å². The van der Waals surface area contributed by atoms with Gasteiger partial charge in [-0.25, -0.2) is 0 Å². The topological polar surface area (TPSA) is 76.7 Å². The molecule has 2 amide bonds. The molecule has 0 fully saturated rings. The molecule has 0 aliphatic heterocycles. The van der Waals surface area contributed by atoms with Crippen molar-refractivity contribution >= 4 is 68.6 Å². The van der Waals surface area contributed by atoms with E-state index in [4.69, 9.17) is 21.1 Å². The van der Waals surface area contributed by atoms with E-state index < -0.39 is 6.17 Å². The van der Waals surface area contributed by atoms with Crippen LogP contribution in [0.3, 0.4) is 0 Å². The Hall–Kier alpha value is -1.27. The number of carbonyl (C=O) groups is 2. The first-order valence-electron chi connectivity index (χ1n) is 8.23. The normalized spacial score (nSPS) is 10.5. The van der Waals surface area contributed by atoms with Gasteiger partial charge < -0.3 is 20.1 Å². The maximum atomic E-state index is 11.8. The van der Waals surface area contributed by atoms with E-state index in [1.165, 1.54) is 7.11 Å². The van der Waals surface area contributed by atoms with Gasteiger partial charge in [-0.15, -0.1) is 0 Å². The molecule has 2 N–H and O–H groups in total. The van der Waals surface area contributed by atoms with Crippen molar-refractivity contribution in [3.8, 4) is 11.5 Å². The Morgan fingerprint density at radius 1 is 1.04 bits per heavy atom. The Kier molecular flexibility index (Phi) is 9.59. The molecule has 6 nitrogen and oxygen atoms in total. The van der Waals surface area contributed by atoms with Crippen LogP contribution in [0.5, 0.6) is 11.5 Å². The number of halogens is 3. The van der Waals surface area contributed by atoms with Crippen LogP contribution in [0.2, 0.25) is 5.02 Å². The number of ether oxygens (including phenoxy) is 2. The van der Waals surface area contributed by atoms with Crippen LogP contribution in [0.1, 0.15) is 17.3 Å². The zero-order valence-electron chi connectivity index (χ0n) is 15.0. The van der Waals surface area contributed by atoms with E-state index in [2.05, 4.69) is 10.6 Å². The van der Waals surface area contributed by atoms with Gasteiger partial charge in [0.15, 0.2) is 11.5 Å². The summed E-state index contributed by atoms with van der Waals surface area (Å²) in [5.74, 6) is 0.655. The van der Waals surface area contributed by atoms with Crippen molar-refractivity contribution in [3.05, 3.63) is 58.6 Å². The van der Waals surface area contributed by atoms with Gasteiger partial charge >= 0.3 is 0 Å². The molecule has 0 atom stereocenters. The lowest BCUT2D eigenvalue weighted by Gasteiger charge is -2.21. The average Bonchev–Trinajstić information content (AvgIpc) is 2.72. The Morgan fingerprint density at radius 2 is 1.68 bits per heavy atom. The third kappa shape index (κ3) is 6.66. The highest BCUT2D eigenvalue weighted by Crippen LogP contribution is 2.31. The number of hydrogen-bond donors (Lipinski definition) is 2. The largest absolute Gasteiger partial charge is 0.493 e. The Morgan fingerprint density at radius 3 is 2.25 bits per heavy atom. The highest BCUT2D eigenvalue weighted by molar-refractivity contribution is 14.1. The van der Waals surface area contributed by atoms with Crippen LogP contribution in [-0.2, 0) is 16.2 Å². The maximum Gasteiger partial charge on any atom is 0.231 e. The molecule has 0 aliphatic carbocycles. The van der Waals surface area contributed by atoms with E-state index in [0.717, 1.165) is 5.56 Å². The van der Waals surface area contributed by atoms with Crippen LogP contribution in [0.4, 0.5) is 0 Å². The number of nitrogens with one attached hydrogen (secondary N) is 2. The van der Waals surface area contributed by atoms with Crippen LogP contribution >= 0.6 is 56.8 Å². The summed E-state index contributed by atoms with van der Waals surface area (Å²) in [6.45, 7) is 0.288. The van der Waals surface area contributed by atoms with E-state index in [-0.39, 0.29) is 27.3 Å². The summed E-state index contributed by atoms with van der Waals surface area (Å²) in [6.07, 6.45) is -0.656. The zero-order chi connectivity index (χ0) is 20.5. The number of rotatable bonds is 9. The molecule has 0 heterocycles. The van der Waals surface area contributed by atoms with E-state index >= 15 is 0 Å². The molecule has 0 radical (unpaired) electrons. The summed E-state index contributed by atoms with van der Waals surface area (Å²) < 4.78 is 11.8. The van der Waals surface area contributed by atoms with Gasteiger partial charge in [0.05, 0.1) is 16.0 Å². The molecule has 0 spiro atoms. The van der Waals surface area contributed by atoms with Gasteiger partial charge in [0, 0.05) is 10.6 Å². The Bertz CT molecular complexity index is 817. The fraction of sp³-hybridized carbons (Fsp3) is 0.263. The number of hydrogen-bond acceptors (Lipinski definition) is 4. The number of methoxy groups -OCH3 is 1. The average molecular weight is 629 g/mol. The minimum atomic E-state index is -0.656. The van der Waals surface area contributed by atoms with Crippen molar-refractivity contribution in [3.63, 3.8) is 0 Å². The lowest BCUT2D eigenvalue weighted by Crippen LogP contribution is -2.41. The van der Waals surface area contributed by atoms with E-state index in [1.807, 2.05) is 63.4 Å². The summed E-state index contributed by atoms with van der Waals surface area (Å²) in [5, 5.41) is 6.20. The summed E-state index contributed by atoms with van der Waals surface area (Å²) in [6, 6.07) is 12.7. The van der Waals surface area contributed by atoms with Gasteiger partial charge in [-0.2, -0.15) is 0 Å². The second-order valence-electron chi connectivity index (χ2n) is 5.63. The molecule has 0 saturated carbocycles. The van der Waals surface area contributed by atoms with Gasteiger partial charge in [0.25, 0.3) is 0 Å². The maximum absolute atomic E-state index is 11.8. The molecule has 0 unspecified atom stereocenters. The molecule has 150 valence electrons. The smallest absolute Gasteiger partial charge is 0.231 e. The number of alkyl halides is 2. The second kappa shape index (κ2) is 11.7. The molecule has 9 heteroatoms. The fourth-order valence-electron chi connectivity index (χ4n) is 2.36. The van der Waals surface area contributed by atoms with Crippen LogP contribution in [-0.4, -0.2) is 27.8 Å². The monoisotopic (exact) mass is 628 g/mol. The highest BCUT2D eigenvalue weighted by atomic mass is 127. The van der Waals surface area contributed by atoms with E-state index in [0.29, 0.717) is 22.1 Å². The summed E-state index contributed by atoms with van der Waals surface area (Å²) in [5.41, 5.74) is 1.54. The molecule has 0 bridgehead atoms. The molecule has 2 aromatic carbocycles. The Balaban J connectivity index is 2.21. The summed E-state index contributed by atoms with van der Waals surface area (Å²) >= 11 is 10.1. The van der Waals surface area contributed by atoms with Crippen LogP contribution < -0.4 is 20.1 Å². The van der Waals surface area contributed by atoms with E-state index in [9.17, 15) is 9.59 Å². The number of carbonyl (C=O) groups excluding carboxylic acids is 2. The number of amides is 2. The summed E-state index contributed by atoms with van der Waals surface area (Å²) in [7, 11) is 1.53. The van der Waals surface area contributed by atoms with Gasteiger partial charge in [-0.05, 0) is 23.8 Å². The van der Waals surface area contributed by atoms with Gasteiger partial charge in [-0.1, -0.05) is 81.0 Å². The predicted molar refractivity (Wildman–Crippen MR) is 126 cm³/mol. The minimum absolute atomic E-state index is 0.183. The van der Waals surface area contributed by atoms with Crippen molar-refractivity contribution in [2.45, 2.75) is 12.8 Å². The molecule has 28 heavy (non-hydrogen) atoms. The molecule has 2 rings (SSSR count). The standard InChI is InChI=1S/C19H19ClI2N2O4/c1-27-16-8-12(19(23-17(25)9-21)24-18(26)10-22)6-7-15(16)28-11-13-4-2-3-5-14(13)20/h2-8,19H,9-11H2,1H3,(H,23,25)(H,24,26). The predicted octanol–water partition coefficient (Wildman–Crippen LogP) is 4.03. The quantitative estimate of drug-likeness (QED) is 0.250. The SMILES string of the molecule is COc1cc(C(NC(=O)CI)NC(=O)CI)ccc1OCc1ccccc1Cl. The van der Waals surface area contributed by atoms with Gasteiger partial charge in [0.2, 0.25) is 11.8 Å². The number of benzene rings is 2. The van der Waals surface area contributed by atoms with Crippen LogP contribution in [0, 0.1) is 0 Å². The van der Waals surface area contributed by atoms with Crippen molar-refractivity contribution in [1.29, 1.82) is 0 Å². The van der Waals surface area contributed by atoms with Crippen molar-refractivity contribution < 1.29 is 19.1 Å². The minimum Gasteiger partial charge on any atom is -0.493 e. The third-order valence-electron chi connectivity index (χ3n) is 3.72. The van der Waals surface area contributed by atoms with Crippen LogP contribution in [0.25, 0.3) is 0 Å².